The van der Waals surface area contributed by atoms with Crippen molar-refractivity contribution in [3.63, 3.8) is 0 Å². The van der Waals surface area contributed by atoms with Gasteiger partial charge in [0.15, 0.2) is 0 Å². The van der Waals surface area contributed by atoms with E-state index in [9.17, 15) is 0 Å². The molecule has 15 heavy (non-hydrogen) atoms. The van der Waals surface area contributed by atoms with Crippen LogP contribution in [0.5, 0.6) is 0 Å². The molecule has 0 saturated carbocycles. The SMILES string of the molecule is CNc1nccc(-c2ccccc2Cl)n1. The molecule has 0 atom stereocenters. The van der Waals surface area contributed by atoms with Gasteiger partial charge in [-0.3, -0.25) is 0 Å². The zero-order valence-corrected chi connectivity index (χ0v) is 8.99. The highest BCUT2D eigenvalue weighted by molar-refractivity contribution is 6.33. The molecule has 0 amide bonds. The van der Waals surface area contributed by atoms with E-state index in [1.165, 1.54) is 0 Å². The molecule has 1 aromatic heterocycles. The van der Waals surface area contributed by atoms with Crippen molar-refractivity contribution in [2.75, 3.05) is 12.4 Å². The maximum absolute atomic E-state index is 6.07. The van der Waals surface area contributed by atoms with Crippen LogP contribution in [0, 0.1) is 0 Å². The Morgan fingerprint density at radius 1 is 1.20 bits per heavy atom. The van der Waals surface area contributed by atoms with Gasteiger partial charge in [0.25, 0.3) is 0 Å². The van der Waals surface area contributed by atoms with Crippen LogP contribution in [-0.4, -0.2) is 17.0 Å². The first-order valence-electron chi connectivity index (χ1n) is 4.57. The van der Waals surface area contributed by atoms with E-state index >= 15 is 0 Å². The number of hydrogen-bond acceptors (Lipinski definition) is 3. The Bertz CT molecular complexity index is 471. The Morgan fingerprint density at radius 3 is 2.73 bits per heavy atom. The normalized spacial score (nSPS) is 10.0. The molecular formula is C11H10ClN3. The Balaban J connectivity index is 2.49. The lowest BCUT2D eigenvalue weighted by Gasteiger charge is -2.04. The third kappa shape index (κ3) is 2.07. The first kappa shape index (κ1) is 9.93. The lowest BCUT2D eigenvalue weighted by molar-refractivity contribution is 1.15. The van der Waals surface area contributed by atoms with Crippen molar-refractivity contribution in [3.8, 4) is 11.3 Å². The van der Waals surface area contributed by atoms with Crippen LogP contribution in [0.2, 0.25) is 5.02 Å². The van der Waals surface area contributed by atoms with Gasteiger partial charge in [-0.1, -0.05) is 29.8 Å². The molecule has 76 valence electrons. The molecule has 2 aromatic rings. The van der Waals surface area contributed by atoms with Crippen molar-refractivity contribution in [1.82, 2.24) is 9.97 Å². The fourth-order valence-corrected chi connectivity index (χ4v) is 1.53. The van der Waals surface area contributed by atoms with Gasteiger partial charge in [-0.15, -0.1) is 0 Å². The number of aromatic nitrogens is 2. The maximum Gasteiger partial charge on any atom is 0.222 e. The first-order valence-corrected chi connectivity index (χ1v) is 4.95. The number of halogens is 1. The minimum atomic E-state index is 0.590. The van der Waals surface area contributed by atoms with Gasteiger partial charge in [0.1, 0.15) is 0 Å². The monoisotopic (exact) mass is 219 g/mol. The van der Waals surface area contributed by atoms with E-state index in [0.717, 1.165) is 11.3 Å². The smallest absolute Gasteiger partial charge is 0.222 e. The summed E-state index contributed by atoms with van der Waals surface area (Å²) in [6.45, 7) is 0. The Labute approximate surface area is 93.1 Å². The molecule has 2 rings (SSSR count). The van der Waals surface area contributed by atoms with Crippen LogP contribution in [0.4, 0.5) is 5.95 Å². The van der Waals surface area contributed by atoms with Crippen molar-refractivity contribution < 1.29 is 0 Å². The van der Waals surface area contributed by atoms with Crippen molar-refractivity contribution in [2.45, 2.75) is 0 Å². The molecule has 0 aliphatic heterocycles. The second-order valence-corrected chi connectivity index (χ2v) is 3.40. The average Bonchev–Trinajstić information content (AvgIpc) is 2.30. The van der Waals surface area contributed by atoms with E-state index in [4.69, 9.17) is 11.6 Å². The van der Waals surface area contributed by atoms with Crippen LogP contribution in [0.15, 0.2) is 36.5 Å². The average molecular weight is 220 g/mol. The highest BCUT2D eigenvalue weighted by Gasteiger charge is 2.04. The summed E-state index contributed by atoms with van der Waals surface area (Å²) < 4.78 is 0. The molecule has 0 radical (unpaired) electrons. The van der Waals surface area contributed by atoms with Gasteiger partial charge >= 0.3 is 0 Å². The van der Waals surface area contributed by atoms with Crippen LogP contribution < -0.4 is 5.32 Å². The highest BCUT2D eigenvalue weighted by Crippen LogP contribution is 2.25. The van der Waals surface area contributed by atoms with Crippen LogP contribution >= 0.6 is 11.6 Å². The number of benzene rings is 1. The van der Waals surface area contributed by atoms with E-state index < -0.39 is 0 Å². The van der Waals surface area contributed by atoms with Gasteiger partial charge in [0, 0.05) is 23.8 Å². The quantitative estimate of drug-likeness (QED) is 0.844. The predicted octanol–water partition coefficient (Wildman–Crippen LogP) is 2.84. The first-order chi connectivity index (χ1) is 7.31. The summed E-state index contributed by atoms with van der Waals surface area (Å²) in [5.41, 5.74) is 1.73. The summed E-state index contributed by atoms with van der Waals surface area (Å²) in [5.74, 6) is 0.590. The molecule has 0 spiro atoms. The van der Waals surface area contributed by atoms with E-state index in [1.807, 2.05) is 30.3 Å². The van der Waals surface area contributed by atoms with Crippen LogP contribution in [0.1, 0.15) is 0 Å². The molecule has 0 unspecified atom stereocenters. The standard InChI is InChI=1S/C11H10ClN3/c1-13-11-14-7-6-10(15-11)8-4-2-3-5-9(8)12/h2-7H,1H3,(H,13,14,15). The largest absolute Gasteiger partial charge is 0.357 e. The number of nitrogens with zero attached hydrogens (tertiary/aromatic N) is 2. The van der Waals surface area contributed by atoms with Gasteiger partial charge in [0.05, 0.1) is 5.69 Å². The minimum absolute atomic E-state index is 0.590. The van der Waals surface area contributed by atoms with Crippen molar-refractivity contribution in [1.29, 1.82) is 0 Å². The molecule has 0 fully saturated rings. The Hall–Kier alpha value is -1.61. The summed E-state index contributed by atoms with van der Waals surface area (Å²) in [6, 6.07) is 9.44. The molecule has 4 heteroatoms. The Morgan fingerprint density at radius 2 is 2.00 bits per heavy atom. The second-order valence-electron chi connectivity index (χ2n) is 3.00. The number of nitrogens with one attached hydrogen (secondary N) is 1. The molecule has 0 saturated heterocycles. The molecule has 0 aliphatic carbocycles. The molecule has 0 aliphatic rings. The fourth-order valence-electron chi connectivity index (χ4n) is 1.30. The summed E-state index contributed by atoms with van der Waals surface area (Å²) in [5, 5.41) is 3.58. The number of hydrogen-bond donors (Lipinski definition) is 1. The van der Waals surface area contributed by atoms with Gasteiger partial charge < -0.3 is 5.32 Å². The summed E-state index contributed by atoms with van der Waals surface area (Å²) >= 11 is 6.07. The highest BCUT2D eigenvalue weighted by atomic mass is 35.5. The lowest BCUT2D eigenvalue weighted by Crippen LogP contribution is -1.96. The van der Waals surface area contributed by atoms with Gasteiger partial charge in [-0.25, -0.2) is 9.97 Å². The number of anilines is 1. The van der Waals surface area contributed by atoms with Crippen molar-refractivity contribution in [2.24, 2.45) is 0 Å². The van der Waals surface area contributed by atoms with Crippen LogP contribution in [-0.2, 0) is 0 Å². The predicted molar refractivity (Wildman–Crippen MR) is 62.0 cm³/mol. The van der Waals surface area contributed by atoms with E-state index in [1.54, 1.807) is 13.2 Å². The fraction of sp³-hybridized carbons (Fsp3) is 0.0909. The third-order valence-corrected chi connectivity index (χ3v) is 2.36. The summed E-state index contributed by atoms with van der Waals surface area (Å²) in [6.07, 6.45) is 1.71. The van der Waals surface area contributed by atoms with Gasteiger partial charge in [-0.2, -0.15) is 0 Å². The molecule has 1 heterocycles. The molecule has 0 bridgehead atoms. The third-order valence-electron chi connectivity index (χ3n) is 2.03. The van der Waals surface area contributed by atoms with E-state index in [2.05, 4.69) is 15.3 Å². The Kier molecular flexibility index (Phi) is 2.83. The second kappa shape index (κ2) is 4.28. The summed E-state index contributed by atoms with van der Waals surface area (Å²) in [4.78, 5) is 8.36. The molecule has 1 aromatic carbocycles. The minimum Gasteiger partial charge on any atom is -0.357 e. The molecule has 1 N–H and O–H groups in total. The van der Waals surface area contributed by atoms with Crippen molar-refractivity contribution in [3.05, 3.63) is 41.6 Å². The molecule has 3 nitrogen and oxygen atoms in total. The van der Waals surface area contributed by atoms with Gasteiger partial charge in [-0.05, 0) is 12.1 Å². The zero-order valence-electron chi connectivity index (χ0n) is 8.24. The maximum atomic E-state index is 6.07. The van der Waals surface area contributed by atoms with E-state index in [-0.39, 0.29) is 0 Å². The topological polar surface area (TPSA) is 37.8 Å². The lowest BCUT2D eigenvalue weighted by atomic mass is 10.1. The summed E-state index contributed by atoms with van der Waals surface area (Å²) in [7, 11) is 1.78. The van der Waals surface area contributed by atoms with Gasteiger partial charge in [0.2, 0.25) is 5.95 Å². The van der Waals surface area contributed by atoms with E-state index in [0.29, 0.717) is 11.0 Å². The molecular weight excluding hydrogens is 210 g/mol. The van der Waals surface area contributed by atoms with Crippen LogP contribution in [0.3, 0.4) is 0 Å². The van der Waals surface area contributed by atoms with Crippen LogP contribution in [0.25, 0.3) is 11.3 Å². The zero-order chi connectivity index (χ0) is 10.7. The number of rotatable bonds is 2. The van der Waals surface area contributed by atoms with Crippen molar-refractivity contribution >= 4 is 17.5 Å².